The maximum absolute atomic E-state index is 9.86. The summed E-state index contributed by atoms with van der Waals surface area (Å²) in [6.45, 7) is 3.55. The summed E-state index contributed by atoms with van der Waals surface area (Å²) < 4.78 is 0. The summed E-state index contributed by atoms with van der Waals surface area (Å²) in [5.74, 6) is 0.908. The zero-order valence-electron chi connectivity index (χ0n) is 11.3. The fourth-order valence-electron chi connectivity index (χ4n) is 2.48. The first-order valence-electron chi connectivity index (χ1n) is 6.29. The lowest BCUT2D eigenvalue weighted by molar-refractivity contribution is 0.191. The lowest BCUT2D eigenvalue weighted by Crippen LogP contribution is -2.38. The Kier molecular flexibility index (Phi) is 3.73. The van der Waals surface area contributed by atoms with E-state index in [0.717, 1.165) is 24.3 Å². The summed E-state index contributed by atoms with van der Waals surface area (Å²) in [6, 6.07) is 2.31. The second-order valence-electron chi connectivity index (χ2n) is 5.36. The van der Waals surface area contributed by atoms with E-state index in [1.54, 1.807) is 6.20 Å². The molecule has 1 aliphatic rings. The Balaban J connectivity index is 2.21. The van der Waals surface area contributed by atoms with E-state index in [4.69, 9.17) is 5.73 Å². The average molecular weight is 250 g/mol. The smallest absolute Gasteiger partial charge is 0.129 e. The monoisotopic (exact) mass is 250 g/mol. The van der Waals surface area contributed by atoms with Gasteiger partial charge in [0.05, 0.1) is 18.0 Å². The number of aryl methyl sites for hydroxylation is 1. The number of aliphatic hydroxyl groups is 1. The van der Waals surface area contributed by atoms with Crippen LogP contribution in [0.3, 0.4) is 0 Å². The second kappa shape index (κ2) is 5.12. The molecule has 3 N–H and O–H groups in total. The van der Waals surface area contributed by atoms with Crippen LogP contribution in [0, 0.1) is 6.92 Å². The van der Waals surface area contributed by atoms with Crippen LogP contribution >= 0.6 is 0 Å². The number of likely N-dealkylation sites (N-methyl/N-ethyl adjacent to an activating group) is 1. The molecule has 0 saturated carbocycles. The minimum atomic E-state index is -0.269. The van der Waals surface area contributed by atoms with Crippen molar-refractivity contribution in [1.29, 1.82) is 0 Å². The van der Waals surface area contributed by atoms with Gasteiger partial charge in [-0.05, 0) is 39.1 Å². The highest BCUT2D eigenvalue weighted by Gasteiger charge is 2.32. The van der Waals surface area contributed by atoms with Crippen molar-refractivity contribution in [3.63, 3.8) is 0 Å². The predicted octanol–water partition coefficient (Wildman–Crippen LogP) is 0.473. The molecule has 1 aromatic heterocycles. The first-order chi connectivity index (χ1) is 8.47. The molecule has 0 aromatic carbocycles. The van der Waals surface area contributed by atoms with E-state index in [2.05, 4.69) is 14.8 Å². The Morgan fingerprint density at radius 2 is 2.28 bits per heavy atom. The summed E-state index contributed by atoms with van der Waals surface area (Å²) in [5, 5.41) is 9.86. The van der Waals surface area contributed by atoms with Gasteiger partial charge in [-0.15, -0.1) is 0 Å². The topological polar surface area (TPSA) is 65.6 Å². The van der Waals surface area contributed by atoms with E-state index >= 15 is 0 Å². The third-order valence-electron chi connectivity index (χ3n) is 3.40. The summed E-state index contributed by atoms with van der Waals surface area (Å²) in [5.41, 5.74) is 7.53. The molecule has 2 unspecified atom stereocenters. The maximum atomic E-state index is 9.86. The van der Waals surface area contributed by atoms with Crippen LogP contribution < -0.4 is 10.6 Å². The Morgan fingerprint density at radius 3 is 2.89 bits per heavy atom. The van der Waals surface area contributed by atoms with Crippen molar-refractivity contribution in [2.45, 2.75) is 25.5 Å². The van der Waals surface area contributed by atoms with Crippen molar-refractivity contribution in [1.82, 2.24) is 9.88 Å². The van der Waals surface area contributed by atoms with Crippen LogP contribution in [0.1, 0.15) is 12.0 Å². The van der Waals surface area contributed by atoms with Gasteiger partial charge in [0.15, 0.2) is 0 Å². The van der Waals surface area contributed by atoms with Crippen LogP contribution in [0.4, 0.5) is 11.5 Å². The number of rotatable bonds is 3. The summed E-state index contributed by atoms with van der Waals surface area (Å²) >= 11 is 0. The van der Waals surface area contributed by atoms with Crippen molar-refractivity contribution in [2.75, 3.05) is 37.8 Å². The van der Waals surface area contributed by atoms with E-state index in [-0.39, 0.29) is 6.10 Å². The number of hydrogen-bond acceptors (Lipinski definition) is 5. The fourth-order valence-corrected chi connectivity index (χ4v) is 2.48. The largest absolute Gasteiger partial charge is 0.397 e. The molecule has 0 amide bonds. The lowest BCUT2D eigenvalue weighted by atomic mass is 10.2. The second-order valence-corrected chi connectivity index (χ2v) is 5.36. The van der Waals surface area contributed by atoms with Crippen molar-refractivity contribution in [2.24, 2.45) is 0 Å². The average Bonchev–Trinajstić information content (AvgIpc) is 2.62. The van der Waals surface area contributed by atoms with Crippen LogP contribution in [0.15, 0.2) is 12.3 Å². The van der Waals surface area contributed by atoms with Gasteiger partial charge in [-0.25, -0.2) is 4.98 Å². The van der Waals surface area contributed by atoms with Gasteiger partial charge in [-0.3, -0.25) is 0 Å². The number of anilines is 2. The number of nitrogens with zero attached hydrogens (tertiary/aromatic N) is 3. The molecule has 1 fully saturated rings. The van der Waals surface area contributed by atoms with Crippen LogP contribution in [0.25, 0.3) is 0 Å². The quantitative estimate of drug-likeness (QED) is 0.816. The van der Waals surface area contributed by atoms with Gasteiger partial charge >= 0.3 is 0 Å². The predicted molar refractivity (Wildman–Crippen MR) is 73.7 cm³/mol. The van der Waals surface area contributed by atoms with E-state index < -0.39 is 0 Å². The number of aliphatic hydroxyl groups excluding tert-OH is 1. The molecule has 2 heterocycles. The molecule has 0 aliphatic carbocycles. The minimum absolute atomic E-state index is 0.269. The van der Waals surface area contributed by atoms with E-state index in [1.165, 1.54) is 0 Å². The van der Waals surface area contributed by atoms with Crippen LogP contribution in [-0.2, 0) is 0 Å². The third kappa shape index (κ3) is 2.73. The molecule has 18 heavy (non-hydrogen) atoms. The molecule has 5 nitrogen and oxygen atoms in total. The molecule has 0 spiro atoms. The molecule has 1 aliphatic heterocycles. The number of nitrogens with two attached hydrogens (primary N) is 1. The van der Waals surface area contributed by atoms with Crippen LogP contribution in [-0.4, -0.2) is 54.3 Å². The van der Waals surface area contributed by atoms with E-state index in [9.17, 15) is 5.11 Å². The molecule has 1 aromatic rings. The number of β-amino-alcohol motifs (C(OH)–C–C–N with tert-alkyl or cyclic N) is 1. The zero-order valence-corrected chi connectivity index (χ0v) is 11.3. The Hall–Kier alpha value is -1.33. The standard InChI is InChI=1S/C13H22N4O/c1-9-4-13(15-6-12(9)14)17-8-11(18)5-10(17)7-16(2)3/h4,6,10-11,18H,5,7-8,14H2,1-3H3. The van der Waals surface area contributed by atoms with E-state index in [1.807, 2.05) is 27.1 Å². The maximum Gasteiger partial charge on any atom is 0.129 e. The van der Waals surface area contributed by atoms with Gasteiger partial charge in [0.2, 0.25) is 0 Å². The molecule has 0 radical (unpaired) electrons. The number of nitrogen functional groups attached to an aromatic ring is 1. The fraction of sp³-hybridized carbons (Fsp3) is 0.615. The lowest BCUT2D eigenvalue weighted by Gasteiger charge is -2.28. The van der Waals surface area contributed by atoms with Gasteiger partial charge < -0.3 is 20.6 Å². The number of aromatic nitrogens is 1. The highest BCUT2D eigenvalue weighted by molar-refractivity contribution is 5.53. The van der Waals surface area contributed by atoms with Crippen LogP contribution in [0.2, 0.25) is 0 Å². The summed E-state index contributed by atoms with van der Waals surface area (Å²) in [6.07, 6.45) is 2.22. The van der Waals surface area contributed by atoms with Crippen molar-refractivity contribution in [3.8, 4) is 0 Å². The normalized spacial score (nSPS) is 23.9. The first kappa shape index (κ1) is 13.1. The summed E-state index contributed by atoms with van der Waals surface area (Å²) in [4.78, 5) is 8.70. The van der Waals surface area contributed by atoms with Crippen molar-refractivity contribution < 1.29 is 5.11 Å². The zero-order chi connectivity index (χ0) is 13.3. The molecule has 2 atom stereocenters. The Morgan fingerprint density at radius 1 is 1.56 bits per heavy atom. The van der Waals surface area contributed by atoms with Crippen molar-refractivity contribution >= 4 is 11.5 Å². The van der Waals surface area contributed by atoms with Gasteiger partial charge in [0.25, 0.3) is 0 Å². The molecule has 5 heteroatoms. The molecule has 2 rings (SSSR count). The molecule has 1 saturated heterocycles. The Labute approximate surface area is 108 Å². The first-order valence-corrected chi connectivity index (χ1v) is 6.29. The Bertz CT molecular complexity index is 421. The van der Waals surface area contributed by atoms with Gasteiger partial charge in [-0.1, -0.05) is 0 Å². The minimum Gasteiger partial charge on any atom is -0.397 e. The van der Waals surface area contributed by atoms with Gasteiger partial charge in [-0.2, -0.15) is 0 Å². The number of hydrogen-bond donors (Lipinski definition) is 2. The summed E-state index contributed by atoms with van der Waals surface area (Å²) in [7, 11) is 4.09. The highest BCUT2D eigenvalue weighted by Crippen LogP contribution is 2.26. The van der Waals surface area contributed by atoms with Gasteiger partial charge in [0.1, 0.15) is 5.82 Å². The molecular weight excluding hydrogens is 228 g/mol. The van der Waals surface area contributed by atoms with Crippen molar-refractivity contribution in [3.05, 3.63) is 17.8 Å². The molecular formula is C13H22N4O. The molecule has 100 valence electrons. The molecule has 0 bridgehead atoms. The third-order valence-corrected chi connectivity index (χ3v) is 3.40. The van der Waals surface area contributed by atoms with Gasteiger partial charge in [0, 0.05) is 19.1 Å². The number of pyridine rings is 1. The van der Waals surface area contributed by atoms with Crippen LogP contribution in [0.5, 0.6) is 0 Å². The SMILES string of the molecule is Cc1cc(N2CC(O)CC2CN(C)C)ncc1N. The van der Waals surface area contributed by atoms with E-state index in [0.29, 0.717) is 18.3 Å². The highest BCUT2D eigenvalue weighted by atomic mass is 16.3.